The van der Waals surface area contributed by atoms with Gasteiger partial charge in [0, 0.05) is 28.6 Å². The van der Waals surface area contributed by atoms with Crippen molar-refractivity contribution in [3.63, 3.8) is 0 Å². The van der Waals surface area contributed by atoms with E-state index < -0.39 is 0 Å². The van der Waals surface area contributed by atoms with Crippen LogP contribution in [0.15, 0.2) is 53.7 Å². The minimum atomic E-state index is -0.316. The predicted molar refractivity (Wildman–Crippen MR) is 134 cm³/mol. The summed E-state index contributed by atoms with van der Waals surface area (Å²) in [5.74, 6) is 1.49. The third-order valence-electron chi connectivity index (χ3n) is 6.94. The van der Waals surface area contributed by atoms with E-state index in [1.54, 1.807) is 0 Å². The van der Waals surface area contributed by atoms with Crippen LogP contribution < -0.4 is 21.5 Å². The van der Waals surface area contributed by atoms with E-state index in [0.717, 1.165) is 50.6 Å². The highest BCUT2D eigenvalue weighted by Crippen LogP contribution is 2.40. The lowest BCUT2D eigenvalue weighted by atomic mass is 10.0. The standard InChI is InChI=1S/C27H28N6O/c1-14-10-18(6-8-20(14)23-9-7-19(13-28-23)17-4-5-17)25-31-27(33-32-25)30-24-12-21-16(3)29-26(34)22(21)11-15(24)2/h6-13,16-17,27,30,33H,4-5H2,1-3H3,(H,29,34)(H,31,32). The largest absolute Gasteiger partial charge is 0.350 e. The fourth-order valence-electron chi connectivity index (χ4n) is 4.80. The molecule has 1 aliphatic carbocycles. The van der Waals surface area contributed by atoms with Crippen LogP contribution in [0, 0.1) is 13.8 Å². The second kappa shape index (κ2) is 7.95. The van der Waals surface area contributed by atoms with E-state index in [-0.39, 0.29) is 18.2 Å². The van der Waals surface area contributed by atoms with Gasteiger partial charge in [-0.2, -0.15) is 5.43 Å². The number of hydrazine groups is 1. The maximum Gasteiger partial charge on any atom is 0.252 e. The van der Waals surface area contributed by atoms with Gasteiger partial charge < -0.3 is 16.1 Å². The third kappa shape index (κ3) is 3.72. The van der Waals surface area contributed by atoms with E-state index >= 15 is 0 Å². The number of nitrogens with one attached hydrogen (secondary N) is 4. The molecule has 7 heteroatoms. The molecule has 172 valence electrons. The summed E-state index contributed by atoms with van der Waals surface area (Å²) >= 11 is 0. The zero-order valence-electron chi connectivity index (χ0n) is 19.6. The average Bonchev–Trinajstić information content (AvgIpc) is 3.52. The molecule has 1 saturated carbocycles. The Morgan fingerprint density at radius 3 is 2.59 bits per heavy atom. The Morgan fingerprint density at radius 1 is 1.00 bits per heavy atom. The summed E-state index contributed by atoms with van der Waals surface area (Å²) in [5.41, 5.74) is 15.8. The van der Waals surface area contributed by atoms with Gasteiger partial charge >= 0.3 is 0 Å². The van der Waals surface area contributed by atoms with Gasteiger partial charge in [-0.1, -0.05) is 18.2 Å². The van der Waals surface area contributed by atoms with Gasteiger partial charge in [-0.3, -0.25) is 9.78 Å². The number of carbonyl (C=O) groups excluding carboxylic acids is 1. The zero-order valence-corrected chi connectivity index (χ0v) is 19.6. The third-order valence-corrected chi connectivity index (χ3v) is 6.94. The fourth-order valence-corrected chi connectivity index (χ4v) is 4.80. The maximum atomic E-state index is 12.1. The molecule has 7 nitrogen and oxygen atoms in total. The van der Waals surface area contributed by atoms with Crippen molar-refractivity contribution in [2.24, 2.45) is 4.99 Å². The fraction of sp³-hybridized carbons (Fsp3) is 0.296. The first-order valence-corrected chi connectivity index (χ1v) is 11.8. The van der Waals surface area contributed by atoms with Crippen LogP contribution in [0.25, 0.3) is 11.3 Å². The Hall–Kier alpha value is -3.71. The number of carbonyl (C=O) groups is 1. The molecule has 0 radical (unpaired) electrons. The Labute approximate surface area is 199 Å². The van der Waals surface area contributed by atoms with Crippen LogP contribution in [-0.4, -0.2) is 23.0 Å². The first-order valence-electron chi connectivity index (χ1n) is 11.8. The van der Waals surface area contributed by atoms with Crippen LogP contribution in [0.1, 0.15) is 69.9 Å². The molecular weight excluding hydrogens is 424 g/mol. The molecule has 3 heterocycles. The van der Waals surface area contributed by atoms with Crippen LogP contribution in [0.4, 0.5) is 5.69 Å². The lowest BCUT2D eigenvalue weighted by Crippen LogP contribution is -2.39. The number of amides is 1. The molecule has 1 amide bonds. The topological polar surface area (TPSA) is 90.4 Å². The predicted octanol–water partition coefficient (Wildman–Crippen LogP) is 4.30. The second-order valence-corrected chi connectivity index (χ2v) is 9.52. The van der Waals surface area contributed by atoms with Crippen LogP contribution in [0.2, 0.25) is 0 Å². The van der Waals surface area contributed by atoms with Crippen molar-refractivity contribution < 1.29 is 4.79 Å². The molecule has 4 N–H and O–H groups in total. The first kappa shape index (κ1) is 20.9. The molecule has 0 bridgehead atoms. The minimum absolute atomic E-state index is 0.00834. The summed E-state index contributed by atoms with van der Waals surface area (Å²) < 4.78 is 0. The minimum Gasteiger partial charge on any atom is -0.350 e. The van der Waals surface area contributed by atoms with Crippen LogP contribution >= 0.6 is 0 Å². The lowest BCUT2D eigenvalue weighted by molar-refractivity contribution is 0.0958. The molecule has 2 unspecified atom stereocenters. The van der Waals surface area contributed by atoms with Crippen molar-refractivity contribution in [3.05, 3.63) is 82.0 Å². The van der Waals surface area contributed by atoms with Gasteiger partial charge in [0.2, 0.25) is 0 Å². The van der Waals surface area contributed by atoms with Crippen molar-refractivity contribution in [1.29, 1.82) is 0 Å². The van der Waals surface area contributed by atoms with Gasteiger partial charge in [-0.15, -0.1) is 0 Å². The number of hydrogen-bond acceptors (Lipinski definition) is 6. The lowest BCUT2D eigenvalue weighted by Gasteiger charge is -2.15. The molecule has 0 spiro atoms. The van der Waals surface area contributed by atoms with Gasteiger partial charge in [-0.25, -0.2) is 4.99 Å². The Morgan fingerprint density at radius 2 is 1.85 bits per heavy atom. The number of hydrogen-bond donors (Lipinski definition) is 4. The maximum absolute atomic E-state index is 12.1. The van der Waals surface area contributed by atoms with Crippen molar-refractivity contribution in [2.45, 2.75) is 51.9 Å². The molecule has 2 aromatic carbocycles. The van der Waals surface area contributed by atoms with Crippen LogP contribution in [0.3, 0.4) is 0 Å². The van der Waals surface area contributed by atoms with Crippen molar-refractivity contribution in [1.82, 2.24) is 21.2 Å². The molecule has 1 fully saturated rings. The van der Waals surface area contributed by atoms with E-state index in [9.17, 15) is 4.79 Å². The number of aromatic nitrogens is 1. The number of rotatable bonds is 5. The van der Waals surface area contributed by atoms with Gasteiger partial charge in [0.25, 0.3) is 5.91 Å². The molecule has 3 aliphatic rings. The van der Waals surface area contributed by atoms with E-state index in [0.29, 0.717) is 5.92 Å². The number of aliphatic imine (C=N–C) groups is 1. The summed E-state index contributed by atoms with van der Waals surface area (Å²) in [4.78, 5) is 21.6. The van der Waals surface area contributed by atoms with Crippen molar-refractivity contribution in [3.8, 4) is 11.3 Å². The molecular formula is C27H28N6O. The number of anilines is 1. The number of benzene rings is 2. The summed E-state index contributed by atoms with van der Waals surface area (Å²) in [5, 5.41) is 6.40. The summed E-state index contributed by atoms with van der Waals surface area (Å²) in [6.07, 6.45) is 4.28. The molecule has 6 rings (SSSR count). The molecule has 2 atom stereocenters. The summed E-state index contributed by atoms with van der Waals surface area (Å²) in [7, 11) is 0. The molecule has 1 aromatic heterocycles. The highest BCUT2D eigenvalue weighted by molar-refractivity contribution is 6.01. The summed E-state index contributed by atoms with van der Waals surface area (Å²) in [6.45, 7) is 6.11. The number of fused-ring (bicyclic) bond motifs is 1. The number of pyridine rings is 1. The molecule has 34 heavy (non-hydrogen) atoms. The monoisotopic (exact) mass is 452 g/mol. The van der Waals surface area contributed by atoms with Crippen LogP contribution in [-0.2, 0) is 0 Å². The van der Waals surface area contributed by atoms with Crippen molar-refractivity contribution in [2.75, 3.05) is 5.32 Å². The quantitative estimate of drug-likeness (QED) is 0.464. The smallest absolute Gasteiger partial charge is 0.252 e. The Bertz CT molecular complexity index is 1330. The molecule has 2 aliphatic heterocycles. The number of aryl methyl sites for hydroxylation is 2. The highest BCUT2D eigenvalue weighted by atomic mass is 16.2. The van der Waals surface area contributed by atoms with Crippen molar-refractivity contribution >= 4 is 17.4 Å². The van der Waals surface area contributed by atoms with E-state index in [1.807, 2.05) is 32.2 Å². The second-order valence-electron chi connectivity index (χ2n) is 9.52. The van der Waals surface area contributed by atoms with E-state index in [4.69, 9.17) is 9.98 Å². The normalized spacial score (nSPS) is 21.0. The van der Waals surface area contributed by atoms with Gasteiger partial charge in [-0.05, 0) is 86.1 Å². The van der Waals surface area contributed by atoms with E-state index in [2.05, 4.69) is 58.7 Å². The van der Waals surface area contributed by atoms with Gasteiger partial charge in [0.15, 0.2) is 6.29 Å². The highest BCUT2D eigenvalue weighted by Gasteiger charge is 2.27. The van der Waals surface area contributed by atoms with Gasteiger partial charge in [0.05, 0.1) is 11.7 Å². The number of nitrogens with zero attached hydrogens (tertiary/aromatic N) is 2. The number of amidine groups is 1. The van der Waals surface area contributed by atoms with Crippen LogP contribution in [0.5, 0.6) is 0 Å². The molecule has 3 aromatic rings. The average molecular weight is 453 g/mol. The van der Waals surface area contributed by atoms with E-state index in [1.165, 1.54) is 18.4 Å². The SMILES string of the molecule is Cc1cc2c(cc1NC1N=C(c3ccc(-c4ccc(C5CC5)cn4)c(C)c3)NN1)C(C)NC2=O. The van der Waals surface area contributed by atoms with Gasteiger partial charge in [0.1, 0.15) is 5.84 Å². The summed E-state index contributed by atoms with van der Waals surface area (Å²) in [6, 6.07) is 14.7. The Balaban J connectivity index is 1.20. The molecule has 0 saturated heterocycles. The zero-order chi connectivity index (χ0) is 23.4. The first-order chi connectivity index (χ1) is 16.5. The Kier molecular flexibility index (Phi) is 4.88.